The van der Waals surface area contributed by atoms with E-state index in [4.69, 9.17) is 4.74 Å². The smallest absolute Gasteiger partial charge is 0.254 e. The number of anilines is 1. The normalized spacial score (nSPS) is 20.1. The first-order valence-electron chi connectivity index (χ1n) is 12.3. The number of nitrogens with one attached hydrogen (secondary N) is 1. The summed E-state index contributed by atoms with van der Waals surface area (Å²) >= 11 is 0. The molecule has 186 valence electrons. The number of rotatable bonds is 5. The SMILES string of the molecule is COc1ccc([C@H]2[C@@H](C(=O)Nc3ccc(F)cc3F)c3ccccc3C(=O)N2C2CCCCC2)cc1. The summed E-state index contributed by atoms with van der Waals surface area (Å²) in [5, 5.41) is 2.67. The average molecular weight is 491 g/mol. The number of amides is 2. The first kappa shape index (κ1) is 24.0. The van der Waals surface area contributed by atoms with Crippen LogP contribution in [0.3, 0.4) is 0 Å². The van der Waals surface area contributed by atoms with Gasteiger partial charge in [0.1, 0.15) is 17.4 Å². The van der Waals surface area contributed by atoms with E-state index in [2.05, 4.69) is 5.32 Å². The number of carbonyl (C=O) groups is 2. The molecular formula is C29H28F2N2O3. The van der Waals surface area contributed by atoms with Gasteiger partial charge in [-0.05, 0) is 54.3 Å². The van der Waals surface area contributed by atoms with Crippen LogP contribution < -0.4 is 10.1 Å². The second-order valence-corrected chi connectivity index (χ2v) is 9.40. The molecule has 1 N–H and O–H groups in total. The van der Waals surface area contributed by atoms with Crippen molar-refractivity contribution in [2.75, 3.05) is 12.4 Å². The predicted molar refractivity (Wildman–Crippen MR) is 133 cm³/mol. The first-order valence-corrected chi connectivity index (χ1v) is 12.3. The minimum absolute atomic E-state index is 0.00966. The molecule has 2 atom stereocenters. The van der Waals surface area contributed by atoms with Crippen molar-refractivity contribution in [3.05, 3.63) is 95.1 Å². The second-order valence-electron chi connectivity index (χ2n) is 9.40. The Kier molecular flexibility index (Phi) is 6.72. The van der Waals surface area contributed by atoms with Gasteiger partial charge in [0.05, 0.1) is 24.8 Å². The van der Waals surface area contributed by atoms with E-state index in [0.717, 1.165) is 49.8 Å². The van der Waals surface area contributed by atoms with E-state index < -0.39 is 29.5 Å². The Labute approximate surface area is 209 Å². The number of nitrogens with zero attached hydrogens (tertiary/aromatic N) is 1. The van der Waals surface area contributed by atoms with Gasteiger partial charge in [-0.1, -0.05) is 49.6 Å². The average Bonchev–Trinajstić information content (AvgIpc) is 2.90. The van der Waals surface area contributed by atoms with Gasteiger partial charge in [-0.3, -0.25) is 9.59 Å². The lowest BCUT2D eigenvalue weighted by Gasteiger charge is -2.46. The Morgan fingerprint density at radius 1 is 0.972 bits per heavy atom. The van der Waals surface area contributed by atoms with Gasteiger partial charge in [-0.25, -0.2) is 8.78 Å². The molecule has 1 saturated carbocycles. The number of hydrogen-bond donors (Lipinski definition) is 1. The van der Waals surface area contributed by atoms with E-state index in [9.17, 15) is 18.4 Å². The van der Waals surface area contributed by atoms with Gasteiger partial charge in [-0.15, -0.1) is 0 Å². The molecule has 3 aromatic carbocycles. The molecule has 1 fully saturated rings. The summed E-state index contributed by atoms with van der Waals surface area (Å²) in [4.78, 5) is 29.7. The third kappa shape index (κ3) is 4.45. The summed E-state index contributed by atoms with van der Waals surface area (Å²) in [6.45, 7) is 0. The minimum Gasteiger partial charge on any atom is -0.497 e. The number of methoxy groups -OCH3 is 1. The summed E-state index contributed by atoms with van der Waals surface area (Å²) < 4.78 is 33.3. The maximum atomic E-state index is 14.5. The molecule has 0 bridgehead atoms. The summed E-state index contributed by atoms with van der Waals surface area (Å²) in [5.41, 5.74) is 1.76. The monoisotopic (exact) mass is 490 g/mol. The topological polar surface area (TPSA) is 58.6 Å². The van der Waals surface area contributed by atoms with Crippen molar-refractivity contribution in [3.63, 3.8) is 0 Å². The van der Waals surface area contributed by atoms with Crippen molar-refractivity contribution in [1.82, 2.24) is 4.90 Å². The summed E-state index contributed by atoms with van der Waals surface area (Å²) in [6.07, 6.45) is 4.88. The molecule has 5 nitrogen and oxygen atoms in total. The van der Waals surface area contributed by atoms with Crippen LogP contribution in [0, 0.1) is 11.6 Å². The Bertz CT molecular complexity index is 1270. The van der Waals surface area contributed by atoms with Gasteiger partial charge >= 0.3 is 0 Å². The molecule has 2 aliphatic rings. The first-order chi connectivity index (χ1) is 17.5. The third-order valence-electron chi connectivity index (χ3n) is 7.27. The van der Waals surface area contributed by atoms with E-state index >= 15 is 0 Å². The van der Waals surface area contributed by atoms with Crippen LogP contribution in [0.1, 0.15) is 65.5 Å². The van der Waals surface area contributed by atoms with Crippen LogP contribution >= 0.6 is 0 Å². The van der Waals surface area contributed by atoms with Crippen LogP contribution in [-0.4, -0.2) is 29.9 Å². The van der Waals surface area contributed by atoms with Crippen molar-refractivity contribution in [2.24, 2.45) is 0 Å². The Morgan fingerprint density at radius 3 is 2.39 bits per heavy atom. The number of fused-ring (bicyclic) bond motifs is 1. The molecular weight excluding hydrogens is 462 g/mol. The third-order valence-corrected chi connectivity index (χ3v) is 7.27. The number of ether oxygens (including phenoxy) is 1. The molecule has 0 unspecified atom stereocenters. The maximum absolute atomic E-state index is 14.5. The van der Waals surface area contributed by atoms with Crippen molar-refractivity contribution < 1.29 is 23.1 Å². The second kappa shape index (κ2) is 10.1. The molecule has 1 aliphatic heterocycles. The van der Waals surface area contributed by atoms with E-state index in [1.165, 1.54) is 6.07 Å². The molecule has 0 spiro atoms. The summed E-state index contributed by atoms with van der Waals surface area (Å²) in [6, 6.07) is 16.9. The number of hydrogen-bond acceptors (Lipinski definition) is 3. The van der Waals surface area contributed by atoms with Gasteiger partial charge in [0.2, 0.25) is 5.91 Å². The van der Waals surface area contributed by atoms with Crippen LogP contribution in [0.2, 0.25) is 0 Å². The summed E-state index contributed by atoms with van der Waals surface area (Å²) in [7, 11) is 1.58. The fraction of sp³-hybridized carbons (Fsp3) is 0.310. The van der Waals surface area contributed by atoms with E-state index in [0.29, 0.717) is 16.9 Å². The van der Waals surface area contributed by atoms with Crippen molar-refractivity contribution >= 4 is 17.5 Å². The number of benzene rings is 3. The standard InChI is InChI=1S/C29H28F2N2O3/c1-36-21-14-11-18(12-15-21)27-26(28(34)32-25-16-13-19(30)17-24(25)31)22-9-5-6-10-23(22)29(35)33(27)20-7-3-2-4-8-20/h5-6,9-17,20,26-27H,2-4,7-8H2,1H3,(H,32,34)/t26-,27-/m0/s1. The van der Waals surface area contributed by atoms with E-state index in [1.54, 1.807) is 31.4 Å². The van der Waals surface area contributed by atoms with Crippen LogP contribution in [0.15, 0.2) is 66.7 Å². The molecule has 5 rings (SSSR count). The lowest BCUT2D eigenvalue weighted by atomic mass is 9.77. The highest BCUT2D eigenvalue weighted by molar-refractivity contribution is 6.04. The van der Waals surface area contributed by atoms with Gasteiger partial charge in [0.25, 0.3) is 5.91 Å². The molecule has 0 radical (unpaired) electrons. The molecule has 2 amide bonds. The van der Waals surface area contributed by atoms with Crippen LogP contribution in [0.5, 0.6) is 5.75 Å². The molecule has 0 saturated heterocycles. The highest BCUT2D eigenvalue weighted by Gasteiger charge is 2.46. The molecule has 0 aromatic heterocycles. The lowest BCUT2D eigenvalue weighted by molar-refractivity contribution is -0.119. The van der Waals surface area contributed by atoms with Crippen molar-refractivity contribution in [1.29, 1.82) is 0 Å². The lowest BCUT2D eigenvalue weighted by Crippen LogP contribution is -2.51. The van der Waals surface area contributed by atoms with Crippen LogP contribution in [0.4, 0.5) is 14.5 Å². The zero-order valence-corrected chi connectivity index (χ0v) is 20.0. The van der Waals surface area contributed by atoms with Crippen LogP contribution in [0.25, 0.3) is 0 Å². The number of halogens is 2. The maximum Gasteiger partial charge on any atom is 0.254 e. The van der Waals surface area contributed by atoms with Gasteiger partial charge in [-0.2, -0.15) is 0 Å². The van der Waals surface area contributed by atoms with E-state index in [1.807, 2.05) is 29.2 Å². The molecule has 1 heterocycles. The fourth-order valence-corrected chi connectivity index (χ4v) is 5.55. The zero-order valence-electron chi connectivity index (χ0n) is 20.0. The molecule has 36 heavy (non-hydrogen) atoms. The van der Waals surface area contributed by atoms with Gasteiger partial charge in [0, 0.05) is 17.7 Å². The fourth-order valence-electron chi connectivity index (χ4n) is 5.55. The Hall–Kier alpha value is -3.74. The van der Waals surface area contributed by atoms with Crippen molar-refractivity contribution in [3.8, 4) is 5.75 Å². The summed E-state index contributed by atoms with van der Waals surface area (Å²) in [5.74, 6) is -2.26. The number of carbonyl (C=O) groups excluding carboxylic acids is 2. The minimum atomic E-state index is -0.853. The Balaban J connectivity index is 1.64. The van der Waals surface area contributed by atoms with Gasteiger partial charge in [0.15, 0.2) is 0 Å². The van der Waals surface area contributed by atoms with Crippen LogP contribution in [-0.2, 0) is 4.79 Å². The highest BCUT2D eigenvalue weighted by Crippen LogP contribution is 2.46. The van der Waals surface area contributed by atoms with Gasteiger partial charge < -0.3 is 15.0 Å². The quantitative estimate of drug-likeness (QED) is 0.462. The van der Waals surface area contributed by atoms with Crippen molar-refractivity contribution in [2.45, 2.75) is 50.1 Å². The molecule has 3 aromatic rings. The molecule has 7 heteroatoms. The van der Waals surface area contributed by atoms with E-state index in [-0.39, 0.29) is 17.6 Å². The predicted octanol–water partition coefficient (Wildman–Crippen LogP) is 6.23. The highest BCUT2D eigenvalue weighted by atomic mass is 19.1. The Morgan fingerprint density at radius 2 is 1.69 bits per heavy atom. The zero-order chi connectivity index (χ0) is 25.2. The largest absolute Gasteiger partial charge is 0.497 e. The molecule has 1 aliphatic carbocycles.